The molecule has 0 amide bonds. The Kier molecular flexibility index (Phi) is 4.72. The molecule has 2 aliphatic carbocycles. The van der Waals surface area contributed by atoms with E-state index >= 15 is 0 Å². The van der Waals surface area contributed by atoms with Gasteiger partial charge in [0, 0.05) is 6.04 Å². The van der Waals surface area contributed by atoms with Crippen LogP contribution in [0.5, 0.6) is 0 Å². The van der Waals surface area contributed by atoms with Crippen molar-refractivity contribution in [3.05, 3.63) is 0 Å². The molecule has 0 bridgehead atoms. The molecule has 0 aromatic rings. The number of hydrogen-bond acceptors (Lipinski definition) is 2. The lowest BCUT2D eigenvalue weighted by atomic mass is 9.74. The summed E-state index contributed by atoms with van der Waals surface area (Å²) in [6.07, 6.45) is 16.5. The van der Waals surface area contributed by atoms with Crippen LogP contribution in [0.15, 0.2) is 0 Å². The van der Waals surface area contributed by atoms with Gasteiger partial charge in [0.2, 0.25) is 0 Å². The topological polar surface area (TPSA) is 35.2 Å². The molecule has 1 spiro atoms. The monoisotopic (exact) mass is 279 g/mol. The van der Waals surface area contributed by atoms with E-state index in [2.05, 4.69) is 6.92 Å². The van der Waals surface area contributed by atoms with E-state index < -0.39 is 0 Å². The van der Waals surface area contributed by atoms with E-state index in [1.54, 1.807) is 0 Å². The first-order valence-electron chi connectivity index (χ1n) is 9.14. The van der Waals surface area contributed by atoms with Gasteiger partial charge in [-0.3, -0.25) is 0 Å². The molecule has 0 aromatic carbocycles. The highest BCUT2D eigenvalue weighted by atomic mass is 16.5. The van der Waals surface area contributed by atoms with E-state index in [0.29, 0.717) is 17.7 Å². The Morgan fingerprint density at radius 1 is 1.10 bits per heavy atom. The van der Waals surface area contributed by atoms with Gasteiger partial charge in [0.25, 0.3) is 0 Å². The average molecular weight is 279 g/mol. The van der Waals surface area contributed by atoms with Crippen molar-refractivity contribution in [1.82, 2.24) is 0 Å². The lowest BCUT2D eigenvalue weighted by Crippen LogP contribution is -2.38. The Hall–Kier alpha value is -0.0800. The van der Waals surface area contributed by atoms with Gasteiger partial charge in [-0.05, 0) is 63.2 Å². The third-order valence-electron chi connectivity index (χ3n) is 6.27. The molecule has 4 atom stereocenters. The fraction of sp³-hybridized carbons (Fsp3) is 1.00. The van der Waals surface area contributed by atoms with Gasteiger partial charge >= 0.3 is 0 Å². The molecule has 0 aromatic heterocycles. The predicted octanol–water partition coefficient (Wildman–Crippen LogP) is 4.41. The first kappa shape index (κ1) is 14.8. The molecule has 0 radical (unpaired) electrons. The normalized spacial score (nSPS) is 40.5. The van der Waals surface area contributed by atoms with Crippen LogP contribution in [0, 0.1) is 11.8 Å². The van der Waals surface area contributed by atoms with E-state index in [-0.39, 0.29) is 0 Å². The van der Waals surface area contributed by atoms with Crippen LogP contribution in [-0.2, 0) is 4.74 Å². The molecule has 2 saturated carbocycles. The quantitative estimate of drug-likeness (QED) is 0.827. The highest BCUT2D eigenvalue weighted by Gasteiger charge is 2.43. The molecule has 2 heteroatoms. The molecule has 116 valence electrons. The van der Waals surface area contributed by atoms with Crippen molar-refractivity contribution in [1.29, 1.82) is 0 Å². The summed E-state index contributed by atoms with van der Waals surface area (Å²) in [4.78, 5) is 0. The minimum Gasteiger partial charge on any atom is -0.372 e. The minimum atomic E-state index is 0.298. The van der Waals surface area contributed by atoms with E-state index in [1.165, 1.54) is 77.0 Å². The zero-order chi connectivity index (χ0) is 14.0. The summed E-state index contributed by atoms with van der Waals surface area (Å²) in [5.41, 5.74) is 6.70. The molecular weight excluding hydrogens is 246 g/mol. The third-order valence-corrected chi connectivity index (χ3v) is 6.27. The van der Waals surface area contributed by atoms with Crippen LogP contribution in [0.3, 0.4) is 0 Å². The molecule has 1 heterocycles. The van der Waals surface area contributed by atoms with Crippen LogP contribution < -0.4 is 5.73 Å². The summed E-state index contributed by atoms with van der Waals surface area (Å²) < 4.78 is 6.50. The predicted molar refractivity (Wildman–Crippen MR) is 83.6 cm³/mol. The summed E-state index contributed by atoms with van der Waals surface area (Å²) in [6.45, 7) is 2.31. The molecule has 3 fully saturated rings. The smallest absolute Gasteiger partial charge is 0.0687 e. The summed E-state index contributed by atoms with van der Waals surface area (Å²) in [5.74, 6) is 1.66. The minimum absolute atomic E-state index is 0.298. The second-order valence-electron chi connectivity index (χ2n) is 7.80. The number of rotatable bonds is 4. The van der Waals surface area contributed by atoms with Crippen molar-refractivity contribution in [2.45, 2.75) is 102 Å². The van der Waals surface area contributed by atoms with Gasteiger partial charge in [-0.2, -0.15) is 0 Å². The SMILES string of the molecule is CCCC1CCC(N)C(CC2CCC3(CCCC3)O2)C1. The van der Waals surface area contributed by atoms with Crippen molar-refractivity contribution in [2.75, 3.05) is 0 Å². The highest BCUT2D eigenvalue weighted by Crippen LogP contribution is 2.45. The maximum absolute atomic E-state index is 6.50. The fourth-order valence-corrected chi connectivity index (χ4v) is 5.11. The first-order valence-corrected chi connectivity index (χ1v) is 9.14. The Morgan fingerprint density at radius 3 is 2.65 bits per heavy atom. The lowest BCUT2D eigenvalue weighted by molar-refractivity contribution is -0.0480. The summed E-state index contributed by atoms with van der Waals surface area (Å²) >= 11 is 0. The molecule has 1 aliphatic heterocycles. The van der Waals surface area contributed by atoms with Gasteiger partial charge in [0.15, 0.2) is 0 Å². The van der Waals surface area contributed by atoms with Crippen LogP contribution in [0.25, 0.3) is 0 Å². The molecule has 2 N–H and O–H groups in total. The zero-order valence-corrected chi connectivity index (χ0v) is 13.3. The average Bonchev–Trinajstić information content (AvgIpc) is 3.05. The Balaban J connectivity index is 1.51. The molecule has 3 rings (SSSR count). The van der Waals surface area contributed by atoms with Crippen molar-refractivity contribution in [2.24, 2.45) is 17.6 Å². The van der Waals surface area contributed by atoms with Crippen molar-refractivity contribution >= 4 is 0 Å². The second-order valence-corrected chi connectivity index (χ2v) is 7.80. The van der Waals surface area contributed by atoms with Gasteiger partial charge in [-0.25, -0.2) is 0 Å². The Morgan fingerprint density at radius 2 is 1.90 bits per heavy atom. The van der Waals surface area contributed by atoms with Gasteiger partial charge in [0.1, 0.15) is 0 Å². The van der Waals surface area contributed by atoms with Crippen LogP contribution in [0.1, 0.15) is 84.0 Å². The molecule has 4 unspecified atom stereocenters. The highest BCUT2D eigenvalue weighted by molar-refractivity contribution is 4.94. The number of ether oxygens (including phenoxy) is 1. The standard InChI is InChI=1S/C18H33NO/c1-2-5-14-6-7-17(19)15(12-14)13-16-8-11-18(20-16)9-3-4-10-18/h14-17H,2-13,19H2,1H3. The summed E-state index contributed by atoms with van der Waals surface area (Å²) in [6, 6.07) is 0.437. The Labute approximate surface area is 124 Å². The largest absolute Gasteiger partial charge is 0.372 e. The molecule has 3 aliphatic rings. The molecule has 2 nitrogen and oxygen atoms in total. The van der Waals surface area contributed by atoms with Crippen LogP contribution in [-0.4, -0.2) is 17.7 Å². The third kappa shape index (κ3) is 3.22. The molecule has 20 heavy (non-hydrogen) atoms. The second kappa shape index (κ2) is 6.36. The molecular formula is C18H33NO. The lowest BCUT2D eigenvalue weighted by Gasteiger charge is -2.36. The van der Waals surface area contributed by atoms with Gasteiger partial charge in [-0.15, -0.1) is 0 Å². The van der Waals surface area contributed by atoms with E-state index in [9.17, 15) is 0 Å². The molecule has 1 saturated heterocycles. The zero-order valence-electron chi connectivity index (χ0n) is 13.3. The van der Waals surface area contributed by atoms with Crippen LogP contribution in [0.2, 0.25) is 0 Å². The number of hydrogen-bond donors (Lipinski definition) is 1. The van der Waals surface area contributed by atoms with E-state index in [1.807, 2.05) is 0 Å². The summed E-state index contributed by atoms with van der Waals surface area (Å²) in [5, 5.41) is 0. The maximum atomic E-state index is 6.50. The van der Waals surface area contributed by atoms with Crippen LogP contribution in [0.4, 0.5) is 0 Å². The van der Waals surface area contributed by atoms with Gasteiger partial charge in [0.05, 0.1) is 11.7 Å². The van der Waals surface area contributed by atoms with Crippen molar-refractivity contribution < 1.29 is 4.74 Å². The van der Waals surface area contributed by atoms with Crippen molar-refractivity contribution in [3.8, 4) is 0 Å². The Bertz CT molecular complexity index is 311. The first-order chi connectivity index (χ1) is 9.71. The van der Waals surface area contributed by atoms with E-state index in [0.717, 1.165) is 11.8 Å². The fourth-order valence-electron chi connectivity index (χ4n) is 5.11. The van der Waals surface area contributed by atoms with E-state index in [4.69, 9.17) is 10.5 Å². The van der Waals surface area contributed by atoms with Crippen molar-refractivity contribution in [3.63, 3.8) is 0 Å². The summed E-state index contributed by atoms with van der Waals surface area (Å²) in [7, 11) is 0. The number of nitrogens with two attached hydrogens (primary N) is 1. The van der Waals surface area contributed by atoms with Gasteiger partial charge in [-0.1, -0.05) is 32.6 Å². The van der Waals surface area contributed by atoms with Gasteiger partial charge < -0.3 is 10.5 Å². The maximum Gasteiger partial charge on any atom is 0.0687 e. The van der Waals surface area contributed by atoms with Crippen LogP contribution >= 0.6 is 0 Å².